The summed E-state index contributed by atoms with van der Waals surface area (Å²) in [5.41, 5.74) is 3.41. The molecule has 0 saturated carbocycles. The highest BCUT2D eigenvalue weighted by Crippen LogP contribution is 2.54. The van der Waals surface area contributed by atoms with Gasteiger partial charge in [-0.1, -0.05) is 19.4 Å². The Labute approximate surface area is 166 Å². The number of non-ortho nitro benzene ring substituents is 1. The molecule has 0 bridgehead atoms. The van der Waals surface area contributed by atoms with Crippen molar-refractivity contribution >= 4 is 34.2 Å². The van der Waals surface area contributed by atoms with E-state index in [1.165, 1.54) is 6.07 Å². The number of carbonyl (C=O) groups is 1. The van der Waals surface area contributed by atoms with Crippen LogP contribution in [0.1, 0.15) is 44.2 Å². The first-order chi connectivity index (χ1) is 12.4. The maximum Gasteiger partial charge on any atom is 0.307 e. The number of halogens is 1. The smallest absolute Gasteiger partial charge is 0.307 e. The predicted molar refractivity (Wildman–Crippen MR) is 108 cm³/mol. The maximum absolute atomic E-state index is 12.4. The molecular formula is C20H20INO4. The number of nitro benzene ring substituents is 1. The van der Waals surface area contributed by atoms with Crippen LogP contribution in [-0.2, 0) is 14.9 Å². The van der Waals surface area contributed by atoms with E-state index in [0.717, 1.165) is 38.7 Å². The summed E-state index contributed by atoms with van der Waals surface area (Å²) in [5.74, 6) is -0.273. The lowest BCUT2D eigenvalue weighted by molar-refractivity contribution is -0.384. The molecule has 2 aromatic carbocycles. The van der Waals surface area contributed by atoms with Crippen LogP contribution >= 0.6 is 22.6 Å². The van der Waals surface area contributed by atoms with E-state index in [9.17, 15) is 14.9 Å². The van der Waals surface area contributed by atoms with Gasteiger partial charge in [0.15, 0.2) is 0 Å². The van der Waals surface area contributed by atoms with Gasteiger partial charge in [-0.15, -0.1) is 0 Å². The Morgan fingerprint density at radius 3 is 2.42 bits per heavy atom. The summed E-state index contributed by atoms with van der Waals surface area (Å²) in [7, 11) is 0. The third kappa shape index (κ3) is 3.11. The van der Waals surface area contributed by atoms with Gasteiger partial charge in [0.05, 0.1) is 18.0 Å². The van der Waals surface area contributed by atoms with Crippen LogP contribution < -0.4 is 0 Å². The van der Waals surface area contributed by atoms with E-state index in [2.05, 4.69) is 35.6 Å². The summed E-state index contributed by atoms with van der Waals surface area (Å²) < 4.78 is 6.32. The lowest BCUT2D eigenvalue weighted by Crippen LogP contribution is -2.29. The number of rotatable bonds is 6. The number of nitro groups is 1. The zero-order valence-corrected chi connectivity index (χ0v) is 16.9. The molecule has 5 nitrogen and oxygen atoms in total. The van der Waals surface area contributed by atoms with Crippen molar-refractivity contribution in [2.45, 2.75) is 38.5 Å². The number of nitrogens with zero attached hydrogens (tertiary/aromatic N) is 1. The van der Waals surface area contributed by atoms with Crippen molar-refractivity contribution in [1.82, 2.24) is 0 Å². The molecule has 1 aliphatic carbocycles. The second-order valence-corrected chi connectivity index (χ2v) is 7.74. The highest BCUT2D eigenvalue weighted by Gasteiger charge is 2.45. The fourth-order valence-electron chi connectivity index (χ4n) is 4.00. The molecule has 136 valence electrons. The topological polar surface area (TPSA) is 69.4 Å². The molecule has 1 unspecified atom stereocenters. The van der Waals surface area contributed by atoms with Gasteiger partial charge < -0.3 is 4.74 Å². The molecule has 0 heterocycles. The molecule has 0 amide bonds. The van der Waals surface area contributed by atoms with E-state index >= 15 is 0 Å². The van der Waals surface area contributed by atoms with E-state index < -0.39 is 5.41 Å². The summed E-state index contributed by atoms with van der Waals surface area (Å²) >= 11 is 2.26. The number of hydrogen-bond donors (Lipinski definition) is 0. The zero-order chi connectivity index (χ0) is 18.9. The van der Waals surface area contributed by atoms with E-state index in [1.54, 1.807) is 13.0 Å². The van der Waals surface area contributed by atoms with Crippen molar-refractivity contribution in [2.75, 3.05) is 6.61 Å². The number of ether oxygens (including phenoxy) is 1. The SMILES string of the molecule is CCCC1(CC(=O)OCC)c2cc(I)ccc2-c2ccc([N+](=O)[O-])cc21. The Hall–Kier alpha value is -1.96. The second-order valence-electron chi connectivity index (χ2n) is 6.49. The minimum Gasteiger partial charge on any atom is -0.466 e. The van der Waals surface area contributed by atoms with Gasteiger partial charge in [0.2, 0.25) is 0 Å². The Kier molecular flexibility index (Phi) is 5.32. The van der Waals surface area contributed by atoms with Crippen LogP contribution in [0.15, 0.2) is 36.4 Å². The Bertz CT molecular complexity index is 880. The van der Waals surface area contributed by atoms with Gasteiger partial charge in [-0.2, -0.15) is 0 Å². The van der Waals surface area contributed by atoms with Crippen molar-refractivity contribution in [1.29, 1.82) is 0 Å². The van der Waals surface area contributed by atoms with Crippen LogP contribution in [0.3, 0.4) is 0 Å². The van der Waals surface area contributed by atoms with E-state index in [0.29, 0.717) is 6.61 Å². The van der Waals surface area contributed by atoms with Gasteiger partial charge in [-0.05, 0) is 76.4 Å². The molecular weight excluding hydrogens is 445 g/mol. The molecule has 1 aliphatic rings. The quantitative estimate of drug-likeness (QED) is 0.254. The van der Waals surface area contributed by atoms with Gasteiger partial charge in [0.1, 0.15) is 0 Å². The standard InChI is InChI=1S/C20H20INO4/c1-3-9-20(12-19(23)26-4-2)17-10-13(21)5-7-15(17)16-8-6-14(22(24)25)11-18(16)20/h5-8,10-11H,3-4,9,12H2,1-2H3. The minimum absolute atomic E-state index is 0.0515. The molecule has 26 heavy (non-hydrogen) atoms. The molecule has 6 heteroatoms. The molecule has 0 spiro atoms. The second kappa shape index (κ2) is 7.34. The predicted octanol–water partition coefficient (Wildman–Crippen LogP) is 5.22. The van der Waals surface area contributed by atoms with Crippen LogP contribution in [0.2, 0.25) is 0 Å². The Balaban J connectivity index is 2.27. The molecule has 2 aromatic rings. The molecule has 0 aliphatic heterocycles. The fourth-order valence-corrected chi connectivity index (χ4v) is 4.49. The number of carbonyl (C=O) groups excluding carboxylic acids is 1. The third-order valence-electron chi connectivity index (χ3n) is 4.95. The van der Waals surface area contributed by atoms with E-state index in [4.69, 9.17) is 4.74 Å². The van der Waals surface area contributed by atoms with Crippen LogP contribution in [0.5, 0.6) is 0 Å². The minimum atomic E-state index is -0.584. The maximum atomic E-state index is 12.4. The van der Waals surface area contributed by atoms with Crippen molar-refractivity contribution in [3.8, 4) is 11.1 Å². The molecule has 0 saturated heterocycles. The highest BCUT2D eigenvalue weighted by atomic mass is 127. The lowest BCUT2D eigenvalue weighted by atomic mass is 9.72. The van der Waals surface area contributed by atoms with Crippen molar-refractivity contribution < 1.29 is 14.5 Å². The van der Waals surface area contributed by atoms with Crippen molar-refractivity contribution in [2.24, 2.45) is 0 Å². The van der Waals surface area contributed by atoms with Crippen LogP contribution in [0.25, 0.3) is 11.1 Å². The monoisotopic (exact) mass is 465 g/mol. The summed E-state index contributed by atoms with van der Waals surface area (Å²) in [6.45, 7) is 4.17. The molecule has 0 aromatic heterocycles. The average molecular weight is 465 g/mol. The van der Waals surface area contributed by atoms with Crippen LogP contribution in [0.4, 0.5) is 5.69 Å². The molecule has 0 fully saturated rings. The summed E-state index contributed by atoms with van der Waals surface area (Å²) in [6, 6.07) is 11.1. The largest absolute Gasteiger partial charge is 0.466 e. The Morgan fingerprint density at radius 2 is 1.81 bits per heavy atom. The van der Waals surface area contributed by atoms with Gasteiger partial charge in [-0.25, -0.2) is 0 Å². The number of hydrogen-bond acceptors (Lipinski definition) is 4. The fraction of sp³-hybridized carbons (Fsp3) is 0.350. The lowest BCUT2D eigenvalue weighted by Gasteiger charge is -2.31. The summed E-state index contributed by atoms with van der Waals surface area (Å²) in [4.78, 5) is 23.4. The average Bonchev–Trinajstić information content (AvgIpc) is 2.85. The normalized spacial score (nSPS) is 17.5. The van der Waals surface area contributed by atoms with E-state index in [1.807, 2.05) is 18.2 Å². The van der Waals surface area contributed by atoms with E-state index in [-0.39, 0.29) is 23.0 Å². The van der Waals surface area contributed by atoms with Gasteiger partial charge >= 0.3 is 5.97 Å². The van der Waals surface area contributed by atoms with Crippen molar-refractivity contribution in [3.63, 3.8) is 0 Å². The molecule has 1 atom stereocenters. The number of esters is 1. The van der Waals surface area contributed by atoms with Gasteiger partial charge in [0, 0.05) is 21.1 Å². The van der Waals surface area contributed by atoms with Crippen LogP contribution in [-0.4, -0.2) is 17.5 Å². The third-order valence-corrected chi connectivity index (χ3v) is 5.62. The first-order valence-electron chi connectivity index (χ1n) is 8.68. The molecule has 0 N–H and O–H groups in total. The number of benzene rings is 2. The van der Waals surface area contributed by atoms with Crippen molar-refractivity contribution in [3.05, 3.63) is 61.2 Å². The summed E-state index contributed by atoms with van der Waals surface area (Å²) in [5, 5.41) is 11.3. The molecule has 0 radical (unpaired) electrons. The van der Waals surface area contributed by atoms with Gasteiger partial charge in [-0.3, -0.25) is 14.9 Å². The molecule has 3 rings (SSSR count). The highest BCUT2D eigenvalue weighted by molar-refractivity contribution is 14.1. The van der Waals surface area contributed by atoms with Crippen LogP contribution in [0, 0.1) is 13.7 Å². The van der Waals surface area contributed by atoms with Gasteiger partial charge in [0.25, 0.3) is 5.69 Å². The first kappa shape index (κ1) is 18.8. The number of fused-ring (bicyclic) bond motifs is 3. The zero-order valence-electron chi connectivity index (χ0n) is 14.8. The summed E-state index contributed by atoms with van der Waals surface area (Å²) in [6.07, 6.45) is 1.77. The Morgan fingerprint density at radius 1 is 1.15 bits per heavy atom. The first-order valence-corrected chi connectivity index (χ1v) is 9.75.